The summed E-state index contributed by atoms with van der Waals surface area (Å²) < 4.78 is 5.36. The zero-order valence-electron chi connectivity index (χ0n) is 10.3. The monoisotopic (exact) mass is 305 g/mol. The van der Waals surface area contributed by atoms with Gasteiger partial charge in [-0.05, 0) is 42.5 Å². The zero-order chi connectivity index (χ0) is 14.5. The van der Waals surface area contributed by atoms with Gasteiger partial charge < -0.3 is 4.74 Å². The fraction of sp³-hybridized carbons (Fsp3) is 0.0667. The number of ketones is 1. The van der Waals surface area contributed by atoms with Crippen molar-refractivity contribution in [3.05, 3.63) is 63.6 Å². The first kappa shape index (κ1) is 14.4. The first-order chi connectivity index (χ1) is 9.60. The number of carbonyl (C=O) groups is 1. The Balaban J connectivity index is 2.03. The Morgan fingerprint density at radius 3 is 2.45 bits per heavy atom. The van der Waals surface area contributed by atoms with Crippen LogP contribution in [0.15, 0.2) is 42.5 Å². The molecule has 100 valence electrons. The van der Waals surface area contributed by atoms with Gasteiger partial charge in [0.1, 0.15) is 5.75 Å². The van der Waals surface area contributed by atoms with Crippen LogP contribution >= 0.6 is 23.2 Å². The van der Waals surface area contributed by atoms with Crippen molar-refractivity contribution in [3.63, 3.8) is 0 Å². The molecule has 0 aliphatic heterocycles. The lowest BCUT2D eigenvalue weighted by Gasteiger charge is -2.07. The Hall–Kier alpha value is -2.02. The van der Waals surface area contributed by atoms with Gasteiger partial charge in [-0.3, -0.25) is 4.79 Å². The van der Waals surface area contributed by atoms with E-state index in [1.807, 2.05) is 6.07 Å². The largest absolute Gasteiger partial charge is 0.485 e. The predicted molar refractivity (Wildman–Crippen MR) is 77.4 cm³/mol. The number of ether oxygens (including phenoxy) is 1. The highest BCUT2D eigenvalue weighted by molar-refractivity contribution is 6.36. The van der Waals surface area contributed by atoms with E-state index in [9.17, 15) is 4.79 Å². The molecule has 2 aromatic carbocycles. The van der Waals surface area contributed by atoms with Crippen molar-refractivity contribution in [2.24, 2.45) is 0 Å². The Labute approximate surface area is 126 Å². The summed E-state index contributed by atoms with van der Waals surface area (Å²) in [6.45, 7) is -0.132. The van der Waals surface area contributed by atoms with Crippen LogP contribution in [0, 0.1) is 11.3 Å². The molecule has 0 radical (unpaired) electrons. The molecule has 3 nitrogen and oxygen atoms in total. The maximum Gasteiger partial charge on any atom is 0.201 e. The summed E-state index contributed by atoms with van der Waals surface area (Å²) in [7, 11) is 0. The van der Waals surface area contributed by atoms with Crippen LogP contribution in [0.1, 0.15) is 15.9 Å². The highest BCUT2D eigenvalue weighted by Gasteiger charge is 2.11. The van der Waals surface area contributed by atoms with Crippen LogP contribution in [0.3, 0.4) is 0 Å². The summed E-state index contributed by atoms with van der Waals surface area (Å²) in [6.07, 6.45) is 0. The summed E-state index contributed by atoms with van der Waals surface area (Å²) >= 11 is 11.7. The quantitative estimate of drug-likeness (QED) is 0.798. The molecular formula is C15H9Cl2NO2. The minimum atomic E-state index is -0.240. The van der Waals surface area contributed by atoms with Crippen molar-refractivity contribution >= 4 is 29.0 Å². The van der Waals surface area contributed by atoms with Crippen molar-refractivity contribution < 1.29 is 9.53 Å². The Morgan fingerprint density at radius 1 is 1.15 bits per heavy atom. The third kappa shape index (κ3) is 3.51. The molecular weight excluding hydrogens is 297 g/mol. The molecule has 0 saturated heterocycles. The van der Waals surface area contributed by atoms with Crippen LogP contribution in [-0.4, -0.2) is 12.4 Å². The van der Waals surface area contributed by atoms with Crippen molar-refractivity contribution in [1.29, 1.82) is 5.26 Å². The van der Waals surface area contributed by atoms with Crippen LogP contribution in [0.2, 0.25) is 10.0 Å². The first-order valence-electron chi connectivity index (χ1n) is 5.71. The summed E-state index contributed by atoms with van der Waals surface area (Å²) in [6, 6.07) is 13.2. The van der Waals surface area contributed by atoms with Gasteiger partial charge in [0, 0.05) is 10.6 Å². The molecule has 0 atom stereocenters. The van der Waals surface area contributed by atoms with E-state index < -0.39 is 0 Å². The smallest absolute Gasteiger partial charge is 0.201 e. The van der Waals surface area contributed by atoms with E-state index in [1.165, 1.54) is 6.07 Å². The number of nitriles is 1. The van der Waals surface area contributed by atoms with Gasteiger partial charge in [0.25, 0.3) is 0 Å². The topological polar surface area (TPSA) is 50.1 Å². The average Bonchev–Trinajstić information content (AvgIpc) is 2.45. The molecule has 0 bridgehead atoms. The Kier molecular flexibility index (Phi) is 4.62. The minimum Gasteiger partial charge on any atom is -0.485 e. The van der Waals surface area contributed by atoms with Gasteiger partial charge in [-0.1, -0.05) is 23.2 Å². The molecule has 0 fully saturated rings. The van der Waals surface area contributed by atoms with Crippen molar-refractivity contribution in [1.82, 2.24) is 0 Å². The molecule has 0 heterocycles. The van der Waals surface area contributed by atoms with Gasteiger partial charge in [0.2, 0.25) is 5.78 Å². The summed E-state index contributed by atoms with van der Waals surface area (Å²) in [4.78, 5) is 12.0. The third-order valence-corrected chi connectivity index (χ3v) is 3.13. The molecule has 2 aromatic rings. The van der Waals surface area contributed by atoms with E-state index >= 15 is 0 Å². The number of carbonyl (C=O) groups excluding carboxylic acids is 1. The molecule has 0 spiro atoms. The fourth-order valence-corrected chi connectivity index (χ4v) is 2.08. The molecule has 0 aromatic heterocycles. The second-order valence-corrected chi connectivity index (χ2v) is 4.82. The van der Waals surface area contributed by atoms with Crippen molar-refractivity contribution in [2.75, 3.05) is 6.61 Å². The molecule has 0 aliphatic carbocycles. The number of benzene rings is 2. The lowest BCUT2D eigenvalue weighted by molar-refractivity contribution is 0.0921. The third-order valence-electron chi connectivity index (χ3n) is 2.58. The molecule has 0 amide bonds. The highest BCUT2D eigenvalue weighted by Crippen LogP contribution is 2.21. The Morgan fingerprint density at radius 2 is 1.85 bits per heavy atom. The van der Waals surface area contributed by atoms with Crippen molar-refractivity contribution in [3.8, 4) is 11.8 Å². The molecule has 0 N–H and O–H groups in total. The second-order valence-electron chi connectivity index (χ2n) is 3.97. The normalized spacial score (nSPS) is 9.85. The predicted octanol–water partition coefficient (Wildman–Crippen LogP) is 4.13. The molecule has 0 unspecified atom stereocenters. The van der Waals surface area contributed by atoms with E-state index in [0.29, 0.717) is 26.9 Å². The van der Waals surface area contributed by atoms with Crippen molar-refractivity contribution in [2.45, 2.75) is 0 Å². The average molecular weight is 306 g/mol. The van der Waals surface area contributed by atoms with E-state index in [0.717, 1.165) is 0 Å². The van der Waals surface area contributed by atoms with Crippen LogP contribution in [0.5, 0.6) is 5.75 Å². The maximum absolute atomic E-state index is 12.0. The number of rotatable bonds is 4. The lowest BCUT2D eigenvalue weighted by atomic mass is 10.1. The maximum atomic E-state index is 12.0. The van der Waals surface area contributed by atoms with Gasteiger partial charge in [0.15, 0.2) is 6.61 Å². The van der Waals surface area contributed by atoms with Gasteiger partial charge in [-0.2, -0.15) is 5.26 Å². The summed E-state index contributed by atoms with van der Waals surface area (Å²) in [5.74, 6) is 0.276. The number of nitrogens with zero attached hydrogens (tertiary/aromatic N) is 1. The molecule has 20 heavy (non-hydrogen) atoms. The second kappa shape index (κ2) is 6.42. The van der Waals surface area contributed by atoms with E-state index in [-0.39, 0.29) is 12.4 Å². The molecule has 5 heteroatoms. The number of Topliss-reactive ketones (excluding diaryl/α,β-unsaturated/α-hetero) is 1. The summed E-state index contributed by atoms with van der Waals surface area (Å²) in [5, 5.41) is 9.45. The highest BCUT2D eigenvalue weighted by atomic mass is 35.5. The summed E-state index contributed by atoms with van der Waals surface area (Å²) in [5.41, 5.74) is 0.897. The van der Waals surface area contributed by atoms with E-state index in [4.69, 9.17) is 33.2 Å². The molecule has 0 aliphatic rings. The lowest BCUT2D eigenvalue weighted by Crippen LogP contribution is -2.12. The zero-order valence-corrected chi connectivity index (χ0v) is 11.8. The first-order valence-corrected chi connectivity index (χ1v) is 6.47. The standard InChI is InChI=1S/C15H9Cl2NO2/c16-11-3-6-13(14(17)7-11)15(19)9-20-12-4-1-10(8-18)2-5-12/h1-7H,9H2. The number of halogens is 2. The van der Waals surface area contributed by atoms with Crippen LogP contribution in [0.25, 0.3) is 0 Å². The van der Waals surface area contributed by atoms with E-state index in [1.54, 1.807) is 36.4 Å². The van der Waals surface area contributed by atoms with Gasteiger partial charge in [-0.25, -0.2) is 0 Å². The van der Waals surface area contributed by atoms with Gasteiger partial charge >= 0.3 is 0 Å². The van der Waals surface area contributed by atoms with Crippen LogP contribution in [-0.2, 0) is 0 Å². The van der Waals surface area contributed by atoms with Gasteiger partial charge in [-0.15, -0.1) is 0 Å². The SMILES string of the molecule is N#Cc1ccc(OCC(=O)c2ccc(Cl)cc2Cl)cc1. The Bertz CT molecular complexity index is 675. The fourth-order valence-electron chi connectivity index (χ4n) is 1.57. The number of hydrogen-bond donors (Lipinski definition) is 0. The van der Waals surface area contributed by atoms with Crippen LogP contribution in [0.4, 0.5) is 0 Å². The van der Waals surface area contributed by atoms with Crippen LogP contribution < -0.4 is 4.74 Å². The molecule has 2 rings (SSSR count). The van der Waals surface area contributed by atoms with E-state index in [2.05, 4.69) is 0 Å². The van der Waals surface area contributed by atoms with Gasteiger partial charge in [0.05, 0.1) is 16.7 Å². The number of hydrogen-bond acceptors (Lipinski definition) is 3. The molecule has 0 saturated carbocycles. The minimum absolute atomic E-state index is 0.132.